The van der Waals surface area contributed by atoms with Gasteiger partial charge in [0.25, 0.3) is 0 Å². The fraction of sp³-hybridized carbons (Fsp3) is 0.350. The summed E-state index contributed by atoms with van der Waals surface area (Å²) < 4.78 is 8.63. The second-order valence-electron chi connectivity index (χ2n) is 7.41. The summed E-state index contributed by atoms with van der Waals surface area (Å²) in [4.78, 5) is 12.4. The monoisotopic (exact) mass is 364 g/mol. The zero-order chi connectivity index (χ0) is 18.8. The molecular weight excluding hydrogens is 344 g/mol. The number of aliphatic hydroxyl groups is 1. The molecule has 0 radical (unpaired) electrons. The van der Waals surface area contributed by atoms with E-state index < -0.39 is 0 Å². The Balaban J connectivity index is 1.61. The molecule has 2 aromatic heterocycles. The molecule has 27 heavy (non-hydrogen) atoms. The Hall–Kier alpha value is -2.93. The molecule has 5 rings (SSSR count). The smallest absolute Gasteiger partial charge is 0.341 e. The van der Waals surface area contributed by atoms with Crippen molar-refractivity contribution in [3.8, 4) is 5.69 Å². The molecule has 0 saturated heterocycles. The summed E-state index contributed by atoms with van der Waals surface area (Å²) in [6.45, 7) is -0.0417. The Morgan fingerprint density at radius 1 is 1.37 bits per heavy atom. The third-order valence-corrected chi connectivity index (χ3v) is 5.99. The summed E-state index contributed by atoms with van der Waals surface area (Å²) in [5, 5.41) is 18.3. The molecule has 1 N–H and O–H groups in total. The molecule has 0 bridgehead atoms. The molecule has 3 aromatic rings. The molecule has 2 heterocycles. The van der Waals surface area contributed by atoms with E-state index in [4.69, 9.17) is 4.74 Å². The van der Waals surface area contributed by atoms with E-state index in [1.54, 1.807) is 6.20 Å². The molecule has 7 heteroatoms. The van der Waals surface area contributed by atoms with Crippen LogP contribution in [0.4, 0.5) is 0 Å². The molecule has 138 valence electrons. The lowest BCUT2D eigenvalue weighted by Gasteiger charge is -2.15. The summed E-state index contributed by atoms with van der Waals surface area (Å²) in [6.07, 6.45) is 6.67. The number of methoxy groups -OCH3 is 1. The maximum absolute atomic E-state index is 12.4. The van der Waals surface area contributed by atoms with Gasteiger partial charge < -0.3 is 9.84 Å². The number of fused-ring (bicyclic) bond motifs is 1. The van der Waals surface area contributed by atoms with E-state index in [0.717, 1.165) is 23.4 Å². The summed E-state index contributed by atoms with van der Waals surface area (Å²) in [7, 11) is 3.31. The molecule has 2 aliphatic rings. The highest BCUT2D eigenvalue weighted by molar-refractivity contribution is 5.91. The predicted molar refractivity (Wildman–Crippen MR) is 96.6 cm³/mol. The van der Waals surface area contributed by atoms with E-state index >= 15 is 0 Å². The largest absolute Gasteiger partial charge is 0.465 e. The van der Waals surface area contributed by atoms with Gasteiger partial charge in [-0.25, -0.2) is 9.48 Å². The van der Waals surface area contributed by atoms with Crippen LogP contribution in [-0.2, 0) is 23.8 Å². The third kappa shape index (κ3) is 2.21. The molecular formula is C20H20N4O3. The number of hydrogen-bond acceptors (Lipinski definition) is 5. The first kappa shape index (κ1) is 16.3. The second kappa shape index (κ2) is 5.53. The molecule has 1 aromatic carbocycles. The lowest BCUT2D eigenvalue weighted by atomic mass is 9.95. The fourth-order valence-corrected chi connectivity index (χ4v) is 4.43. The van der Waals surface area contributed by atoms with Crippen LogP contribution in [0, 0.1) is 5.92 Å². The third-order valence-electron chi connectivity index (χ3n) is 5.99. The van der Waals surface area contributed by atoms with Crippen LogP contribution in [0.25, 0.3) is 5.69 Å². The minimum atomic E-state index is -0.373. The van der Waals surface area contributed by atoms with Crippen molar-refractivity contribution in [2.75, 3.05) is 7.11 Å². The highest BCUT2D eigenvalue weighted by atomic mass is 16.5. The van der Waals surface area contributed by atoms with E-state index in [2.05, 4.69) is 16.4 Å². The molecule has 2 aliphatic carbocycles. The lowest BCUT2D eigenvalue weighted by Crippen LogP contribution is -2.13. The number of ether oxygens (including phenoxy) is 1. The van der Waals surface area contributed by atoms with Crippen molar-refractivity contribution in [3.63, 3.8) is 0 Å². The number of aryl methyl sites for hydroxylation is 1. The van der Waals surface area contributed by atoms with Gasteiger partial charge in [-0.15, -0.1) is 0 Å². The van der Waals surface area contributed by atoms with Crippen LogP contribution in [0.5, 0.6) is 0 Å². The van der Waals surface area contributed by atoms with Gasteiger partial charge in [-0.1, -0.05) is 12.1 Å². The Morgan fingerprint density at radius 2 is 2.22 bits per heavy atom. The summed E-state index contributed by atoms with van der Waals surface area (Å²) >= 11 is 0. The molecule has 3 atom stereocenters. The first-order chi connectivity index (χ1) is 13.1. The minimum Gasteiger partial charge on any atom is -0.465 e. The van der Waals surface area contributed by atoms with Gasteiger partial charge in [0.1, 0.15) is 5.56 Å². The van der Waals surface area contributed by atoms with Crippen LogP contribution in [0.3, 0.4) is 0 Å². The molecule has 2 saturated carbocycles. The van der Waals surface area contributed by atoms with Crippen LogP contribution >= 0.6 is 0 Å². The van der Waals surface area contributed by atoms with Gasteiger partial charge in [-0.3, -0.25) is 4.68 Å². The Kier molecular flexibility index (Phi) is 3.33. The molecule has 2 unspecified atom stereocenters. The van der Waals surface area contributed by atoms with Crippen molar-refractivity contribution in [3.05, 3.63) is 65.2 Å². The summed E-state index contributed by atoms with van der Waals surface area (Å²) in [5.41, 5.74) is 4.30. The van der Waals surface area contributed by atoms with Crippen molar-refractivity contribution in [1.29, 1.82) is 0 Å². The van der Waals surface area contributed by atoms with Gasteiger partial charge in [0.2, 0.25) is 0 Å². The summed E-state index contributed by atoms with van der Waals surface area (Å²) in [5.74, 6) is 0.347. The molecule has 0 spiro atoms. The van der Waals surface area contributed by atoms with Crippen LogP contribution in [0.2, 0.25) is 0 Å². The van der Waals surface area contributed by atoms with Crippen LogP contribution in [0.15, 0.2) is 42.9 Å². The minimum absolute atomic E-state index is 0.0417. The van der Waals surface area contributed by atoms with Crippen molar-refractivity contribution in [2.24, 2.45) is 13.0 Å². The SMILES string of the molecule is COC(=O)c1cnn(-c2cccc(CO)c2)c1C1C2C[C@@]21c1cnn(C)c1. The maximum atomic E-state index is 12.4. The highest BCUT2D eigenvalue weighted by Crippen LogP contribution is 2.84. The lowest BCUT2D eigenvalue weighted by molar-refractivity contribution is 0.0599. The van der Waals surface area contributed by atoms with Gasteiger partial charge in [0.15, 0.2) is 0 Å². The standard InChI is InChI=1S/C20H20N4O3/c1-23-10-13(8-21-23)20-7-16(20)17(20)18-15(19(26)27-2)9-22-24(18)14-5-3-4-12(6-14)11-25/h3-6,8-10,16-17,25H,7,11H2,1-2H3/t16?,17?,20-/m1/s1. The number of benzene rings is 1. The van der Waals surface area contributed by atoms with Crippen molar-refractivity contribution in [2.45, 2.75) is 24.4 Å². The number of aliphatic hydroxyl groups excluding tert-OH is 1. The predicted octanol–water partition coefficient (Wildman–Crippen LogP) is 1.94. The molecule has 2 fully saturated rings. The zero-order valence-corrected chi connectivity index (χ0v) is 15.2. The highest BCUT2D eigenvalue weighted by Gasteiger charge is 2.81. The number of rotatable bonds is 5. The van der Waals surface area contributed by atoms with E-state index in [0.29, 0.717) is 11.5 Å². The Morgan fingerprint density at radius 3 is 2.89 bits per heavy atom. The van der Waals surface area contributed by atoms with Crippen LogP contribution < -0.4 is 0 Å². The average molecular weight is 364 g/mol. The molecule has 0 aliphatic heterocycles. The van der Waals surface area contributed by atoms with E-state index in [9.17, 15) is 9.90 Å². The first-order valence-electron chi connectivity index (χ1n) is 8.95. The number of esters is 1. The van der Waals surface area contributed by atoms with Gasteiger partial charge in [-0.05, 0) is 35.6 Å². The van der Waals surface area contributed by atoms with Crippen molar-refractivity contribution >= 4 is 5.97 Å². The fourth-order valence-electron chi connectivity index (χ4n) is 4.43. The first-order valence-corrected chi connectivity index (χ1v) is 8.95. The van der Waals surface area contributed by atoms with Crippen molar-refractivity contribution in [1.82, 2.24) is 19.6 Å². The Labute approximate surface area is 156 Å². The van der Waals surface area contributed by atoms with Gasteiger partial charge in [0, 0.05) is 24.6 Å². The number of carbonyl (C=O) groups is 1. The molecule has 0 amide bonds. The maximum Gasteiger partial charge on any atom is 0.341 e. The van der Waals surface area contributed by atoms with Gasteiger partial charge in [0.05, 0.1) is 37.5 Å². The van der Waals surface area contributed by atoms with Gasteiger partial charge in [-0.2, -0.15) is 10.2 Å². The number of aromatic nitrogens is 4. The number of hydrogen-bond donors (Lipinski definition) is 1. The van der Waals surface area contributed by atoms with Crippen LogP contribution in [-0.4, -0.2) is 37.7 Å². The van der Waals surface area contributed by atoms with E-state index in [-0.39, 0.29) is 23.9 Å². The zero-order valence-electron chi connectivity index (χ0n) is 15.2. The Bertz CT molecular complexity index is 1050. The normalized spacial score (nSPS) is 25.1. The van der Waals surface area contributed by atoms with E-state index in [1.807, 2.05) is 46.9 Å². The summed E-state index contributed by atoms with van der Waals surface area (Å²) in [6, 6.07) is 7.57. The number of nitrogens with zero attached hydrogens (tertiary/aromatic N) is 4. The quantitative estimate of drug-likeness (QED) is 0.700. The van der Waals surface area contributed by atoms with Gasteiger partial charge >= 0.3 is 5.97 Å². The average Bonchev–Trinajstić information content (AvgIpc) is 3.42. The molecule has 7 nitrogen and oxygen atoms in total. The van der Waals surface area contributed by atoms with Crippen molar-refractivity contribution < 1.29 is 14.6 Å². The number of carbonyl (C=O) groups excluding carboxylic acids is 1. The second-order valence-corrected chi connectivity index (χ2v) is 7.41. The van der Waals surface area contributed by atoms with Crippen LogP contribution in [0.1, 0.15) is 39.5 Å². The topological polar surface area (TPSA) is 82.2 Å². The van der Waals surface area contributed by atoms with E-state index in [1.165, 1.54) is 12.7 Å².